The van der Waals surface area contributed by atoms with Gasteiger partial charge in [0.1, 0.15) is 28.4 Å². The lowest BCUT2D eigenvalue weighted by Gasteiger charge is -2.21. The lowest BCUT2D eigenvalue weighted by atomic mass is 10.2. The maximum Gasteiger partial charge on any atom is 0.304 e. The maximum atomic E-state index is 11.9. The van der Waals surface area contributed by atoms with Gasteiger partial charge in [-0.1, -0.05) is 72.4 Å². The first-order valence-electron chi connectivity index (χ1n) is 15.1. The molecule has 5 aromatic rings. The molecule has 0 bridgehead atoms. The maximum absolute atomic E-state index is 11.9. The molecule has 0 aliphatic carbocycles. The van der Waals surface area contributed by atoms with Crippen LogP contribution >= 0.6 is 11.8 Å². The minimum atomic E-state index is -3.34. The van der Waals surface area contributed by atoms with Crippen LogP contribution in [0.3, 0.4) is 0 Å². The molecule has 9 nitrogen and oxygen atoms in total. The van der Waals surface area contributed by atoms with E-state index in [1.165, 1.54) is 34.3 Å². The number of ether oxygens (including phenoxy) is 2. The lowest BCUT2D eigenvalue weighted by molar-refractivity contribution is -0.136. The predicted octanol–water partition coefficient (Wildman–Crippen LogP) is 5.02. The average molecular weight is 687 g/mol. The van der Waals surface area contributed by atoms with Crippen molar-refractivity contribution in [3.8, 4) is 17.2 Å². The number of aliphatic carboxylic acids is 1. The third-order valence-electron chi connectivity index (χ3n) is 7.53. The summed E-state index contributed by atoms with van der Waals surface area (Å²) in [6.45, 7) is 2.75. The average Bonchev–Trinajstić information content (AvgIpc) is 3.69. The van der Waals surface area contributed by atoms with Crippen molar-refractivity contribution < 1.29 is 32.2 Å². The molecule has 242 valence electrons. The monoisotopic (exact) mass is 686 g/mol. The van der Waals surface area contributed by atoms with Gasteiger partial charge in [0.25, 0.3) is 0 Å². The molecule has 0 fully saturated rings. The van der Waals surface area contributed by atoms with Gasteiger partial charge in [0.15, 0.2) is 9.84 Å². The van der Waals surface area contributed by atoms with E-state index in [2.05, 4.69) is 34.2 Å². The lowest BCUT2D eigenvalue weighted by Crippen LogP contribution is -2.46. The highest BCUT2D eigenvalue weighted by atomic mass is 32.2. The van der Waals surface area contributed by atoms with Crippen molar-refractivity contribution in [2.45, 2.75) is 29.6 Å². The van der Waals surface area contributed by atoms with Crippen molar-refractivity contribution in [2.75, 3.05) is 19.4 Å². The zero-order chi connectivity index (χ0) is 33.0. The number of nitrogens with one attached hydrogen (secondary N) is 1. The fourth-order valence-electron chi connectivity index (χ4n) is 5.33. The molecule has 2 unspecified atom stereocenters. The normalized spacial score (nSPS) is 15.5. The van der Waals surface area contributed by atoms with Gasteiger partial charge in [0, 0.05) is 23.0 Å². The number of hydrogen-bond donors (Lipinski definition) is 2. The molecule has 0 amide bonds. The molecule has 1 aromatic heterocycles. The highest BCUT2D eigenvalue weighted by Gasteiger charge is 2.25. The van der Waals surface area contributed by atoms with Crippen LogP contribution in [-0.4, -0.2) is 69.3 Å². The third-order valence-corrected chi connectivity index (χ3v) is 12.4. The number of nitrogens with zero attached hydrogens (tertiary/aromatic N) is 1. The number of aliphatic imine (C=N–C) groups is 1. The molecule has 47 heavy (non-hydrogen) atoms. The van der Waals surface area contributed by atoms with Crippen LogP contribution in [0.1, 0.15) is 19.0 Å². The molecule has 2 heterocycles. The van der Waals surface area contributed by atoms with E-state index in [4.69, 9.17) is 13.9 Å². The largest absolute Gasteiger partial charge is 0.486 e. The van der Waals surface area contributed by atoms with Crippen molar-refractivity contribution in [1.82, 2.24) is 4.98 Å². The third kappa shape index (κ3) is 8.14. The smallest absolute Gasteiger partial charge is 0.304 e. The Morgan fingerprint density at radius 2 is 1.64 bits per heavy atom. The quantitative estimate of drug-likeness (QED) is 0.165. The standard InChI is InChI=1S/C35H34N2O7S2Si/c1-23(22-42-47(29-9-5-3-6-10-29)30-11-7-4-8-12-30)43-32-19-26(44-25-13-15-28(16-14-25)46(2,40)41)17-24-18-31(37-34(24)32)35-36-21-27(45-35)20-33(38)39/h3-19,23,27,37,47H,20-22H2,1-2H3,(H,38,39). The van der Waals surface area contributed by atoms with Crippen LogP contribution in [0, 0.1) is 0 Å². The Morgan fingerprint density at radius 3 is 2.26 bits per heavy atom. The van der Waals surface area contributed by atoms with Crippen molar-refractivity contribution in [2.24, 2.45) is 4.99 Å². The van der Waals surface area contributed by atoms with Crippen molar-refractivity contribution >= 4 is 62.9 Å². The van der Waals surface area contributed by atoms with E-state index >= 15 is 0 Å². The summed E-state index contributed by atoms with van der Waals surface area (Å²) < 4.78 is 43.2. The van der Waals surface area contributed by atoms with Gasteiger partial charge in [-0.2, -0.15) is 0 Å². The first-order valence-corrected chi connectivity index (χ1v) is 19.5. The van der Waals surface area contributed by atoms with E-state index in [0.29, 0.717) is 30.4 Å². The summed E-state index contributed by atoms with van der Waals surface area (Å²) in [6.07, 6.45) is 0.876. The molecule has 0 saturated heterocycles. The molecule has 2 atom stereocenters. The number of sulfone groups is 1. The number of benzene rings is 4. The van der Waals surface area contributed by atoms with Crippen molar-refractivity contribution in [1.29, 1.82) is 0 Å². The van der Waals surface area contributed by atoms with Crippen LogP contribution in [0.15, 0.2) is 113 Å². The second-order valence-corrected chi connectivity index (χ2v) is 17.1. The van der Waals surface area contributed by atoms with Gasteiger partial charge in [-0.3, -0.25) is 9.79 Å². The van der Waals surface area contributed by atoms with Gasteiger partial charge in [0.05, 0.1) is 35.7 Å². The number of fused-ring (bicyclic) bond motifs is 1. The molecule has 6 rings (SSSR count). The van der Waals surface area contributed by atoms with Crippen LogP contribution in [0.5, 0.6) is 17.2 Å². The zero-order valence-electron chi connectivity index (χ0n) is 25.8. The summed E-state index contributed by atoms with van der Waals surface area (Å²) in [4.78, 5) is 19.5. The topological polar surface area (TPSA) is 127 Å². The summed E-state index contributed by atoms with van der Waals surface area (Å²) in [5.41, 5.74) is 1.51. The molecule has 0 radical (unpaired) electrons. The van der Waals surface area contributed by atoms with Gasteiger partial charge in [0.2, 0.25) is 9.04 Å². The van der Waals surface area contributed by atoms with Crippen LogP contribution in [0.25, 0.3) is 10.9 Å². The summed E-state index contributed by atoms with van der Waals surface area (Å²) in [5.74, 6) is 0.681. The molecule has 2 N–H and O–H groups in total. The van der Waals surface area contributed by atoms with Crippen LogP contribution < -0.4 is 19.8 Å². The molecule has 0 spiro atoms. The molecular formula is C35H34N2O7S2Si. The Morgan fingerprint density at radius 1 is 0.979 bits per heavy atom. The van der Waals surface area contributed by atoms with Gasteiger partial charge in [-0.05, 0) is 53.7 Å². The molecule has 1 aliphatic rings. The molecule has 12 heteroatoms. The Kier molecular flexibility index (Phi) is 9.83. The number of rotatable bonds is 13. The number of carboxylic acids is 1. The highest BCUT2D eigenvalue weighted by Crippen LogP contribution is 2.37. The fourth-order valence-corrected chi connectivity index (χ4v) is 9.42. The summed E-state index contributed by atoms with van der Waals surface area (Å²) >= 11 is 1.45. The number of aromatic nitrogens is 1. The second kappa shape index (κ2) is 14.2. The van der Waals surface area contributed by atoms with E-state index in [1.54, 1.807) is 18.2 Å². The Balaban J connectivity index is 1.27. The van der Waals surface area contributed by atoms with E-state index in [0.717, 1.165) is 27.9 Å². The number of hydrogen-bond acceptors (Lipinski definition) is 8. The van der Waals surface area contributed by atoms with E-state index in [1.807, 2.05) is 55.5 Å². The first-order chi connectivity index (χ1) is 22.6. The van der Waals surface area contributed by atoms with Crippen LogP contribution in [-0.2, 0) is 19.1 Å². The summed E-state index contributed by atoms with van der Waals surface area (Å²) in [5, 5.41) is 13.0. The van der Waals surface area contributed by atoms with E-state index in [-0.39, 0.29) is 22.7 Å². The van der Waals surface area contributed by atoms with Gasteiger partial charge >= 0.3 is 5.97 Å². The van der Waals surface area contributed by atoms with Gasteiger partial charge in [-0.25, -0.2) is 8.42 Å². The minimum absolute atomic E-state index is 0.0378. The number of aromatic amines is 1. The predicted molar refractivity (Wildman–Crippen MR) is 188 cm³/mol. The number of H-pyrrole nitrogens is 1. The van der Waals surface area contributed by atoms with Crippen LogP contribution in [0.4, 0.5) is 0 Å². The summed E-state index contributed by atoms with van der Waals surface area (Å²) in [6, 6.07) is 32.4. The Labute approximate surface area is 279 Å². The van der Waals surface area contributed by atoms with Crippen molar-refractivity contribution in [3.05, 3.63) is 109 Å². The SMILES string of the molecule is CC(CO[SiH](c1ccccc1)c1ccccc1)Oc1cc(Oc2ccc(S(C)(=O)=O)cc2)cc2cc(C3=NCC(CC(=O)O)S3)[nH]c12. The Hall–Kier alpha value is -4.36. The molecule has 4 aromatic carbocycles. The van der Waals surface area contributed by atoms with Crippen molar-refractivity contribution in [3.63, 3.8) is 0 Å². The minimum Gasteiger partial charge on any atom is -0.486 e. The second-order valence-electron chi connectivity index (χ2n) is 11.4. The number of thioether (sulfide) groups is 1. The molecular weight excluding hydrogens is 653 g/mol. The fraction of sp³-hybridized carbons (Fsp3) is 0.200. The molecule has 1 aliphatic heterocycles. The van der Waals surface area contributed by atoms with E-state index < -0.39 is 24.8 Å². The van der Waals surface area contributed by atoms with E-state index in [9.17, 15) is 18.3 Å². The van der Waals surface area contributed by atoms with Crippen LogP contribution in [0.2, 0.25) is 0 Å². The Bertz CT molecular complexity index is 1960. The first kappa shape index (κ1) is 32.6. The zero-order valence-corrected chi connectivity index (χ0v) is 28.6. The molecule has 0 saturated carbocycles. The number of carbonyl (C=O) groups is 1. The highest BCUT2D eigenvalue weighted by molar-refractivity contribution is 8.15. The van der Waals surface area contributed by atoms with Gasteiger partial charge in [-0.15, -0.1) is 0 Å². The summed E-state index contributed by atoms with van der Waals surface area (Å²) in [7, 11) is -5.32. The van der Waals surface area contributed by atoms with Gasteiger partial charge < -0.3 is 24.0 Å². The number of carboxylic acid groups (broad SMARTS) is 1.